The molecule has 0 aliphatic carbocycles. The van der Waals surface area contributed by atoms with E-state index in [2.05, 4.69) is 34.5 Å². The molecule has 2 aromatic rings. The summed E-state index contributed by atoms with van der Waals surface area (Å²) in [5.41, 5.74) is 1.19. The van der Waals surface area contributed by atoms with Crippen molar-refractivity contribution in [3.8, 4) is 0 Å². The predicted octanol–water partition coefficient (Wildman–Crippen LogP) is 2.69. The number of benzene rings is 1. The molecule has 0 bridgehead atoms. The summed E-state index contributed by atoms with van der Waals surface area (Å²) in [6.45, 7) is 1.56. The second-order valence-corrected chi connectivity index (χ2v) is 6.21. The molecule has 6 heteroatoms. The van der Waals surface area contributed by atoms with Gasteiger partial charge in [0.05, 0.1) is 0 Å². The van der Waals surface area contributed by atoms with Crippen molar-refractivity contribution < 1.29 is 4.74 Å². The number of aromatic nitrogens is 3. The van der Waals surface area contributed by atoms with E-state index >= 15 is 0 Å². The molecule has 2 N–H and O–H groups in total. The Balaban J connectivity index is 1.57. The number of ether oxygens (including phenoxy) is 1. The number of nitrogen functional groups attached to an aromatic ring is 1. The van der Waals surface area contributed by atoms with E-state index in [1.54, 1.807) is 16.4 Å². The first-order chi connectivity index (χ1) is 10.8. The molecule has 116 valence electrons. The van der Waals surface area contributed by atoms with E-state index in [4.69, 9.17) is 10.6 Å². The fourth-order valence-corrected chi connectivity index (χ4v) is 3.16. The van der Waals surface area contributed by atoms with Gasteiger partial charge in [-0.3, -0.25) is 0 Å². The summed E-state index contributed by atoms with van der Waals surface area (Å²) in [6.07, 6.45) is 6.15. The van der Waals surface area contributed by atoms with Gasteiger partial charge in [0.1, 0.15) is 0 Å². The van der Waals surface area contributed by atoms with E-state index in [1.165, 1.54) is 5.56 Å². The number of rotatable bonds is 5. The Morgan fingerprint density at radius 2 is 2.00 bits per heavy atom. The van der Waals surface area contributed by atoms with Crippen molar-refractivity contribution in [1.29, 1.82) is 0 Å². The molecule has 3 rings (SSSR count). The van der Waals surface area contributed by atoms with E-state index in [9.17, 15) is 0 Å². The number of thioether (sulfide) groups is 1. The lowest BCUT2D eigenvalue weighted by molar-refractivity contribution is 0.0830. The van der Waals surface area contributed by atoms with Gasteiger partial charge in [-0.2, -0.15) is 0 Å². The van der Waals surface area contributed by atoms with E-state index in [1.807, 2.05) is 18.2 Å². The van der Waals surface area contributed by atoms with E-state index in [0.29, 0.717) is 5.92 Å². The normalized spacial score (nSPS) is 16.4. The zero-order chi connectivity index (χ0) is 15.2. The molecule has 1 aliphatic heterocycles. The smallest absolute Gasteiger partial charge is 0.210 e. The van der Waals surface area contributed by atoms with Gasteiger partial charge >= 0.3 is 0 Å². The Hall–Kier alpha value is -1.79. The molecule has 0 amide bonds. The summed E-state index contributed by atoms with van der Waals surface area (Å²) in [7, 11) is 0. The Labute approximate surface area is 134 Å². The van der Waals surface area contributed by atoms with Gasteiger partial charge < -0.3 is 10.6 Å². The van der Waals surface area contributed by atoms with Crippen molar-refractivity contribution in [2.24, 2.45) is 0 Å². The number of nitrogens with zero attached hydrogens (tertiary/aromatic N) is 3. The third kappa shape index (κ3) is 3.69. The van der Waals surface area contributed by atoms with Crippen molar-refractivity contribution in [1.82, 2.24) is 14.9 Å². The Kier molecular flexibility index (Phi) is 5.13. The van der Waals surface area contributed by atoms with Crippen molar-refractivity contribution in [3.05, 3.63) is 47.8 Å². The van der Waals surface area contributed by atoms with Gasteiger partial charge in [0.25, 0.3) is 0 Å². The largest absolute Gasteiger partial charge is 0.381 e. The highest BCUT2D eigenvalue weighted by Crippen LogP contribution is 2.26. The second-order valence-electron chi connectivity index (χ2n) is 5.22. The maximum atomic E-state index is 6.13. The molecule has 0 saturated carbocycles. The molecule has 1 saturated heterocycles. The minimum Gasteiger partial charge on any atom is -0.381 e. The van der Waals surface area contributed by atoms with E-state index in [-0.39, 0.29) is 0 Å². The lowest BCUT2D eigenvalue weighted by Gasteiger charge is -2.20. The SMILES string of the molecule is Nn1c(SCC=Cc2ccccc2)nnc1C1CCOCC1. The molecule has 1 fully saturated rings. The molecule has 5 nitrogen and oxygen atoms in total. The van der Waals surface area contributed by atoms with Crippen LogP contribution < -0.4 is 5.84 Å². The molecule has 2 heterocycles. The maximum Gasteiger partial charge on any atom is 0.210 e. The van der Waals surface area contributed by atoms with Crippen LogP contribution in [0, 0.1) is 0 Å². The van der Waals surface area contributed by atoms with Gasteiger partial charge in [0.2, 0.25) is 5.16 Å². The highest BCUT2D eigenvalue weighted by Gasteiger charge is 2.22. The minimum atomic E-state index is 0.362. The van der Waals surface area contributed by atoms with Gasteiger partial charge in [0, 0.05) is 24.9 Å². The van der Waals surface area contributed by atoms with Crippen LogP contribution in [0.5, 0.6) is 0 Å². The monoisotopic (exact) mass is 316 g/mol. The zero-order valence-corrected chi connectivity index (χ0v) is 13.2. The van der Waals surface area contributed by atoms with Crippen LogP contribution in [-0.2, 0) is 4.74 Å². The molecule has 0 unspecified atom stereocenters. The van der Waals surface area contributed by atoms with Gasteiger partial charge in [-0.05, 0) is 18.4 Å². The van der Waals surface area contributed by atoms with Crippen molar-refractivity contribution in [3.63, 3.8) is 0 Å². The third-order valence-corrected chi connectivity index (χ3v) is 4.59. The average molecular weight is 316 g/mol. The van der Waals surface area contributed by atoms with Crippen molar-refractivity contribution >= 4 is 17.8 Å². The lowest BCUT2D eigenvalue weighted by atomic mass is 10.00. The first-order valence-corrected chi connectivity index (χ1v) is 8.45. The summed E-state index contributed by atoms with van der Waals surface area (Å²) in [6, 6.07) is 10.2. The fourth-order valence-electron chi connectivity index (χ4n) is 2.49. The molecule has 0 radical (unpaired) electrons. The number of hydrogen-bond acceptors (Lipinski definition) is 5. The lowest BCUT2D eigenvalue weighted by Crippen LogP contribution is -2.22. The summed E-state index contributed by atoms with van der Waals surface area (Å²) in [5, 5.41) is 9.24. The van der Waals surface area contributed by atoms with E-state index < -0.39 is 0 Å². The topological polar surface area (TPSA) is 66.0 Å². The fraction of sp³-hybridized carbons (Fsp3) is 0.375. The summed E-state index contributed by atoms with van der Waals surface area (Å²) in [4.78, 5) is 0. The molecule has 0 spiro atoms. The van der Waals surface area contributed by atoms with Crippen LogP contribution in [0.25, 0.3) is 6.08 Å². The third-order valence-electron chi connectivity index (χ3n) is 3.70. The van der Waals surface area contributed by atoms with Gasteiger partial charge in [-0.15, -0.1) is 10.2 Å². The molecule has 1 aromatic heterocycles. The minimum absolute atomic E-state index is 0.362. The van der Waals surface area contributed by atoms with Gasteiger partial charge in [0.15, 0.2) is 5.82 Å². The molecule has 1 aliphatic rings. The quantitative estimate of drug-likeness (QED) is 0.678. The molecular formula is C16H20N4OS. The number of hydrogen-bond donors (Lipinski definition) is 1. The first kappa shape index (κ1) is 15.1. The maximum absolute atomic E-state index is 6.13. The number of nitrogens with two attached hydrogens (primary N) is 1. The highest BCUT2D eigenvalue weighted by atomic mass is 32.2. The summed E-state index contributed by atoms with van der Waals surface area (Å²) >= 11 is 1.60. The standard InChI is InChI=1S/C16H20N4OS/c17-20-15(14-8-10-21-11-9-14)18-19-16(20)22-12-4-7-13-5-2-1-3-6-13/h1-7,14H,8-12,17H2. The van der Waals surface area contributed by atoms with Gasteiger partial charge in [-0.1, -0.05) is 54.2 Å². The predicted molar refractivity (Wildman–Crippen MR) is 89.2 cm³/mol. The molecule has 0 atom stereocenters. The van der Waals surface area contributed by atoms with Crippen LogP contribution >= 0.6 is 11.8 Å². The van der Waals surface area contributed by atoms with Crippen LogP contribution in [0.4, 0.5) is 0 Å². The Morgan fingerprint density at radius 1 is 1.23 bits per heavy atom. The van der Waals surface area contributed by atoms with E-state index in [0.717, 1.165) is 42.8 Å². The van der Waals surface area contributed by atoms with Crippen LogP contribution in [0.1, 0.15) is 30.1 Å². The van der Waals surface area contributed by atoms with Gasteiger partial charge in [-0.25, -0.2) is 4.68 Å². The second kappa shape index (κ2) is 7.47. The highest BCUT2D eigenvalue weighted by molar-refractivity contribution is 7.99. The average Bonchev–Trinajstić information content (AvgIpc) is 2.94. The first-order valence-electron chi connectivity index (χ1n) is 7.47. The van der Waals surface area contributed by atoms with Crippen LogP contribution in [0.3, 0.4) is 0 Å². The molecule has 22 heavy (non-hydrogen) atoms. The van der Waals surface area contributed by atoms with Crippen LogP contribution in [0.15, 0.2) is 41.6 Å². The Morgan fingerprint density at radius 3 is 2.77 bits per heavy atom. The van der Waals surface area contributed by atoms with Crippen molar-refractivity contribution in [2.45, 2.75) is 23.9 Å². The zero-order valence-electron chi connectivity index (χ0n) is 12.4. The molecular weight excluding hydrogens is 296 g/mol. The Bertz CT molecular complexity index is 620. The summed E-state index contributed by atoms with van der Waals surface area (Å²) < 4.78 is 7.01. The van der Waals surface area contributed by atoms with Crippen LogP contribution in [0.2, 0.25) is 0 Å². The summed E-state index contributed by atoms with van der Waals surface area (Å²) in [5.74, 6) is 8.19. The van der Waals surface area contributed by atoms with Crippen LogP contribution in [-0.4, -0.2) is 33.8 Å². The molecule has 1 aromatic carbocycles. The van der Waals surface area contributed by atoms with Crippen molar-refractivity contribution in [2.75, 3.05) is 24.8 Å².